The quantitative estimate of drug-likeness (QED) is 0.343. The summed E-state index contributed by atoms with van der Waals surface area (Å²) in [5, 5.41) is 10.7. The zero-order valence-electron chi connectivity index (χ0n) is 23.8. The van der Waals surface area contributed by atoms with E-state index in [1.54, 1.807) is 11.1 Å². The Morgan fingerprint density at radius 2 is 1.65 bits per heavy atom. The van der Waals surface area contributed by atoms with Gasteiger partial charge in [-0.3, -0.25) is 4.90 Å². The van der Waals surface area contributed by atoms with E-state index in [4.69, 9.17) is 0 Å². The average Bonchev–Trinajstić information content (AvgIpc) is 3.15. The van der Waals surface area contributed by atoms with E-state index in [0.29, 0.717) is 10.8 Å². The predicted octanol–water partition coefficient (Wildman–Crippen LogP) is 8.10. The number of aliphatic hydroxyl groups is 1. The molecule has 1 N–H and O–H groups in total. The topological polar surface area (TPSA) is 23.5 Å². The van der Waals surface area contributed by atoms with Crippen LogP contribution in [0.15, 0.2) is 11.1 Å². The Hall–Kier alpha value is -0.340. The second-order valence-electron chi connectivity index (χ2n) is 14.0. The Balaban J connectivity index is 1.59. The van der Waals surface area contributed by atoms with Crippen molar-refractivity contribution in [1.29, 1.82) is 0 Å². The highest BCUT2D eigenvalue weighted by molar-refractivity contribution is 5.32. The molecule has 0 aromatic rings. The molecular weight excluding hydrogens is 414 g/mol. The van der Waals surface area contributed by atoms with Crippen LogP contribution in [0.5, 0.6) is 0 Å². The van der Waals surface area contributed by atoms with E-state index in [9.17, 15) is 5.11 Å². The zero-order chi connectivity index (χ0) is 24.7. The average molecular weight is 472 g/mol. The molecule has 4 rings (SSSR count). The van der Waals surface area contributed by atoms with Gasteiger partial charge in [-0.2, -0.15) is 0 Å². The number of hydrogen-bond acceptors (Lipinski definition) is 2. The predicted molar refractivity (Wildman–Crippen MR) is 146 cm³/mol. The molecule has 0 spiro atoms. The van der Waals surface area contributed by atoms with Crippen LogP contribution in [0.2, 0.25) is 0 Å². The standard InChI is InChI=1S/C32H57NO/c1-8-33(9-2)21-24-19-26-28-14-13-27(23(5)12-10-11-22(3)4)31(28,6)18-16-29(26)32(7)17-15-25(34)20-30(24)32/h22-23,25-29,34H,8-21H2,1-7H3/t23?,25-,26-,27+,28-,29-,31+,32+/m0/s1. The van der Waals surface area contributed by atoms with Gasteiger partial charge in [0.05, 0.1) is 6.10 Å². The Bertz CT molecular complexity index is 723. The van der Waals surface area contributed by atoms with Gasteiger partial charge in [-0.1, -0.05) is 78.9 Å². The van der Waals surface area contributed by atoms with Crippen molar-refractivity contribution in [2.24, 2.45) is 46.3 Å². The van der Waals surface area contributed by atoms with Crippen molar-refractivity contribution in [3.8, 4) is 0 Å². The van der Waals surface area contributed by atoms with Gasteiger partial charge in [0, 0.05) is 6.54 Å². The van der Waals surface area contributed by atoms with Crippen LogP contribution in [0.4, 0.5) is 0 Å². The molecule has 0 bridgehead atoms. The van der Waals surface area contributed by atoms with E-state index in [-0.39, 0.29) is 6.10 Å². The van der Waals surface area contributed by atoms with Gasteiger partial charge in [0.15, 0.2) is 0 Å². The molecule has 1 unspecified atom stereocenters. The van der Waals surface area contributed by atoms with Crippen molar-refractivity contribution < 1.29 is 5.11 Å². The molecule has 2 nitrogen and oxygen atoms in total. The van der Waals surface area contributed by atoms with Gasteiger partial charge in [-0.05, 0) is 111 Å². The van der Waals surface area contributed by atoms with Crippen molar-refractivity contribution in [3.05, 3.63) is 11.1 Å². The molecule has 0 aliphatic heterocycles. The normalized spacial score (nSPS) is 40.9. The first-order valence-corrected chi connectivity index (χ1v) is 15.3. The molecule has 0 radical (unpaired) electrons. The summed E-state index contributed by atoms with van der Waals surface area (Å²) in [6.45, 7) is 20.7. The summed E-state index contributed by atoms with van der Waals surface area (Å²) >= 11 is 0. The molecule has 4 aliphatic rings. The third kappa shape index (κ3) is 4.81. The minimum atomic E-state index is -0.109. The Kier molecular flexibility index (Phi) is 8.30. The monoisotopic (exact) mass is 471 g/mol. The first-order valence-electron chi connectivity index (χ1n) is 15.3. The molecule has 3 saturated carbocycles. The van der Waals surface area contributed by atoms with E-state index < -0.39 is 0 Å². The van der Waals surface area contributed by atoms with E-state index in [1.165, 1.54) is 57.8 Å². The fourth-order valence-electron chi connectivity index (χ4n) is 9.82. The fourth-order valence-corrected chi connectivity index (χ4v) is 9.82. The number of likely N-dealkylation sites (N-methyl/N-ethyl adjacent to an activating group) is 1. The Morgan fingerprint density at radius 3 is 2.32 bits per heavy atom. The van der Waals surface area contributed by atoms with Crippen molar-refractivity contribution in [2.45, 2.75) is 125 Å². The molecule has 4 aliphatic carbocycles. The third-order valence-corrected chi connectivity index (χ3v) is 11.8. The molecular formula is C32H57NO. The second kappa shape index (κ2) is 10.6. The number of aliphatic hydroxyl groups excluding tert-OH is 1. The van der Waals surface area contributed by atoms with Gasteiger partial charge < -0.3 is 5.11 Å². The summed E-state index contributed by atoms with van der Waals surface area (Å²) in [5.74, 6) is 5.31. The highest BCUT2D eigenvalue weighted by Crippen LogP contribution is 2.68. The van der Waals surface area contributed by atoms with Gasteiger partial charge in [-0.15, -0.1) is 0 Å². The molecule has 2 heteroatoms. The molecule has 0 aromatic heterocycles. The molecule has 0 aromatic carbocycles. The van der Waals surface area contributed by atoms with Crippen molar-refractivity contribution in [1.82, 2.24) is 4.90 Å². The summed E-state index contributed by atoms with van der Waals surface area (Å²) in [6, 6.07) is 0. The number of nitrogens with zero attached hydrogens (tertiary/aromatic N) is 1. The lowest BCUT2D eigenvalue weighted by molar-refractivity contribution is -0.0605. The Labute approximate surface area is 212 Å². The van der Waals surface area contributed by atoms with E-state index in [0.717, 1.165) is 68.0 Å². The van der Waals surface area contributed by atoms with Crippen molar-refractivity contribution >= 4 is 0 Å². The maximum absolute atomic E-state index is 10.7. The van der Waals surface area contributed by atoms with E-state index in [2.05, 4.69) is 53.4 Å². The van der Waals surface area contributed by atoms with Crippen LogP contribution in [0.3, 0.4) is 0 Å². The fraction of sp³-hybridized carbons (Fsp3) is 0.938. The van der Waals surface area contributed by atoms with Crippen molar-refractivity contribution in [2.75, 3.05) is 19.6 Å². The maximum Gasteiger partial charge on any atom is 0.0578 e. The summed E-state index contributed by atoms with van der Waals surface area (Å²) in [4.78, 5) is 2.63. The molecule has 8 atom stereocenters. The van der Waals surface area contributed by atoms with E-state index >= 15 is 0 Å². The third-order valence-electron chi connectivity index (χ3n) is 11.8. The van der Waals surface area contributed by atoms with Gasteiger partial charge >= 0.3 is 0 Å². The zero-order valence-corrected chi connectivity index (χ0v) is 23.8. The lowest BCUT2D eigenvalue weighted by Gasteiger charge is -2.59. The smallest absolute Gasteiger partial charge is 0.0578 e. The highest BCUT2D eigenvalue weighted by Gasteiger charge is 2.60. The van der Waals surface area contributed by atoms with Gasteiger partial charge in [0.25, 0.3) is 0 Å². The van der Waals surface area contributed by atoms with Gasteiger partial charge in [0.1, 0.15) is 0 Å². The summed E-state index contributed by atoms with van der Waals surface area (Å²) < 4.78 is 0. The summed E-state index contributed by atoms with van der Waals surface area (Å²) in [6.07, 6.45) is 14.5. The second-order valence-corrected chi connectivity index (χ2v) is 14.0. The molecule has 3 fully saturated rings. The Morgan fingerprint density at radius 1 is 0.912 bits per heavy atom. The van der Waals surface area contributed by atoms with Gasteiger partial charge in [-0.25, -0.2) is 0 Å². The molecule has 0 saturated heterocycles. The molecule has 34 heavy (non-hydrogen) atoms. The lowest BCUT2D eigenvalue weighted by atomic mass is 9.46. The largest absolute Gasteiger partial charge is 0.393 e. The van der Waals surface area contributed by atoms with Crippen LogP contribution in [0, 0.1) is 46.3 Å². The number of rotatable bonds is 9. The van der Waals surface area contributed by atoms with Crippen LogP contribution in [0.25, 0.3) is 0 Å². The van der Waals surface area contributed by atoms with E-state index in [1.807, 2.05) is 0 Å². The summed E-state index contributed by atoms with van der Waals surface area (Å²) in [5.41, 5.74) is 4.33. The maximum atomic E-state index is 10.7. The number of hydrogen-bond donors (Lipinski definition) is 1. The first-order chi connectivity index (χ1) is 16.1. The molecule has 196 valence electrons. The SMILES string of the molecule is CCN(CC)CC1=C2C[C@@H](O)CC[C@]2(C)[C@H]2CC[C@]3(C)[C@@H](C(C)CCCC(C)C)CC[C@H]3[C@@H]2C1. The summed E-state index contributed by atoms with van der Waals surface area (Å²) in [7, 11) is 0. The van der Waals surface area contributed by atoms with Crippen LogP contribution in [-0.2, 0) is 0 Å². The molecule has 0 amide bonds. The first kappa shape index (κ1) is 26.7. The van der Waals surface area contributed by atoms with Crippen LogP contribution < -0.4 is 0 Å². The van der Waals surface area contributed by atoms with Crippen LogP contribution >= 0.6 is 0 Å². The number of fused-ring (bicyclic) bond motifs is 5. The van der Waals surface area contributed by atoms with Crippen LogP contribution in [0.1, 0.15) is 119 Å². The highest BCUT2D eigenvalue weighted by atomic mass is 16.3. The van der Waals surface area contributed by atoms with Gasteiger partial charge in [0.2, 0.25) is 0 Å². The molecule has 0 heterocycles. The van der Waals surface area contributed by atoms with Crippen molar-refractivity contribution in [3.63, 3.8) is 0 Å². The van der Waals surface area contributed by atoms with Crippen LogP contribution in [-0.4, -0.2) is 35.7 Å². The minimum absolute atomic E-state index is 0.109. The minimum Gasteiger partial charge on any atom is -0.393 e. The lowest BCUT2D eigenvalue weighted by Crippen LogP contribution is -2.52.